The molecule has 1 aliphatic rings. The first-order valence-corrected chi connectivity index (χ1v) is 4.99. The SMILES string of the molecule is CCC(C(C)C)C1OCCCO1. The standard InChI is InChI=1S/C10H20O2/c1-4-9(8(2)3)10-11-6-5-7-12-10/h8-10H,4-7H2,1-3H3. The fourth-order valence-electron chi connectivity index (χ4n) is 1.73. The summed E-state index contributed by atoms with van der Waals surface area (Å²) in [5.41, 5.74) is 0. The van der Waals surface area contributed by atoms with Crippen LogP contribution in [0.4, 0.5) is 0 Å². The van der Waals surface area contributed by atoms with E-state index in [0.29, 0.717) is 11.8 Å². The average Bonchev–Trinajstić information content (AvgIpc) is 2.07. The Hall–Kier alpha value is -0.0800. The second-order valence-corrected chi connectivity index (χ2v) is 3.78. The van der Waals surface area contributed by atoms with Gasteiger partial charge in [-0.05, 0) is 18.8 Å². The Morgan fingerprint density at radius 1 is 1.25 bits per heavy atom. The van der Waals surface area contributed by atoms with Crippen molar-refractivity contribution < 1.29 is 9.47 Å². The van der Waals surface area contributed by atoms with E-state index in [0.717, 1.165) is 26.1 Å². The van der Waals surface area contributed by atoms with Gasteiger partial charge < -0.3 is 9.47 Å². The molecule has 2 heteroatoms. The lowest BCUT2D eigenvalue weighted by molar-refractivity contribution is -0.212. The average molecular weight is 172 g/mol. The minimum absolute atomic E-state index is 0.0590. The highest BCUT2D eigenvalue weighted by Gasteiger charge is 2.26. The maximum atomic E-state index is 5.57. The lowest BCUT2D eigenvalue weighted by Gasteiger charge is -2.32. The zero-order valence-electron chi connectivity index (χ0n) is 8.38. The molecule has 1 aliphatic heterocycles. The second kappa shape index (κ2) is 4.83. The molecule has 72 valence electrons. The largest absolute Gasteiger partial charge is 0.352 e. The molecule has 1 heterocycles. The molecule has 0 amide bonds. The molecule has 0 saturated carbocycles. The Balaban J connectivity index is 2.40. The summed E-state index contributed by atoms with van der Waals surface area (Å²) in [4.78, 5) is 0. The van der Waals surface area contributed by atoms with Gasteiger partial charge in [0.1, 0.15) is 0 Å². The highest BCUT2D eigenvalue weighted by atomic mass is 16.7. The molecule has 0 spiro atoms. The van der Waals surface area contributed by atoms with Gasteiger partial charge in [0.2, 0.25) is 0 Å². The molecular weight excluding hydrogens is 152 g/mol. The number of rotatable bonds is 3. The van der Waals surface area contributed by atoms with Crippen LogP contribution in [0, 0.1) is 11.8 Å². The molecule has 2 nitrogen and oxygen atoms in total. The van der Waals surface area contributed by atoms with Crippen molar-refractivity contribution in [2.24, 2.45) is 11.8 Å². The quantitative estimate of drug-likeness (QED) is 0.651. The molecule has 0 bridgehead atoms. The van der Waals surface area contributed by atoms with Crippen LogP contribution in [0.5, 0.6) is 0 Å². The molecule has 0 N–H and O–H groups in total. The van der Waals surface area contributed by atoms with Crippen LogP contribution in [0.25, 0.3) is 0 Å². The molecule has 1 unspecified atom stereocenters. The third-order valence-electron chi connectivity index (χ3n) is 2.53. The first kappa shape index (κ1) is 10.0. The molecule has 12 heavy (non-hydrogen) atoms. The molecule has 1 fully saturated rings. The lowest BCUT2D eigenvalue weighted by atomic mass is 9.92. The summed E-state index contributed by atoms with van der Waals surface area (Å²) >= 11 is 0. The first-order valence-electron chi connectivity index (χ1n) is 4.99. The Bertz CT molecular complexity index is 117. The highest BCUT2D eigenvalue weighted by Crippen LogP contribution is 2.24. The second-order valence-electron chi connectivity index (χ2n) is 3.78. The minimum atomic E-state index is 0.0590. The summed E-state index contributed by atoms with van der Waals surface area (Å²) < 4.78 is 11.1. The highest BCUT2D eigenvalue weighted by molar-refractivity contribution is 4.67. The first-order chi connectivity index (χ1) is 5.75. The zero-order valence-corrected chi connectivity index (χ0v) is 8.38. The summed E-state index contributed by atoms with van der Waals surface area (Å²) in [6.45, 7) is 8.40. The maximum absolute atomic E-state index is 5.57. The Morgan fingerprint density at radius 2 is 1.83 bits per heavy atom. The predicted octanol–water partition coefficient (Wildman–Crippen LogP) is 2.43. The number of hydrogen-bond donors (Lipinski definition) is 0. The van der Waals surface area contributed by atoms with Crippen molar-refractivity contribution in [1.82, 2.24) is 0 Å². The van der Waals surface area contributed by atoms with E-state index >= 15 is 0 Å². The van der Waals surface area contributed by atoms with Gasteiger partial charge in [0.05, 0.1) is 13.2 Å². The Morgan fingerprint density at radius 3 is 2.25 bits per heavy atom. The summed E-state index contributed by atoms with van der Waals surface area (Å²) in [5.74, 6) is 1.21. The Labute approximate surface area is 75.2 Å². The molecule has 1 saturated heterocycles. The van der Waals surface area contributed by atoms with Crippen molar-refractivity contribution in [3.05, 3.63) is 0 Å². The van der Waals surface area contributed by atoms with E-state index < -0.39 is 0 Å². The van der Waals surface area contributed by atoms with E-state index in [1.54, 1.807) is 0 Å². The van der Waals surface area contributed by atoms with E-state index in [1.807, 2.05) is 0 Å². The van der Waals surface area contributed by atoms with Crippen LogP contribution in [0.15, 0.2) is 0 Å². The van der Waals surface area contributed by atoms with Gasteiger partial charge in [-0.15, -0.1) is 0 Å². The molecular formula is C10H20O2. The molecule has 0 aromatic rings. The Kier molecular flexibility index (Phi) is 4.02. The van der Waals surface area contributed by atoms with Crippen molar-refractivity contribution >= 4 is 0 Å². The topological polar surface area (TPSA) is 18.5 Å². The van der Waals surface area contributed by atoms with E-state index in [1.165, 1.54) is 0 Å². The zero-order chi connectivity index (χ0) is 8.97. The third kappa shape index (κ3) is 2.46. The maximum Gasteiger partial charge on any atom is 0.160 e. The molecule has 0 aliphatic carbocycles. The molecule has 0 radical (unpaired) electrons. The van der Waals surface area contributed by atoms with Gasteiger partial charge in [-0.1, -0.05) is 20.8 Å². The van der Waals surface area contributed by atoms with Crippen LogP contribution in [0.1, 0.15) is 33.6 Å². The number of hydrogen-bond acceptors (Lipinski definition) is 2. The summed E-state index contributed by atoms with van der Waals surface area (Å²) in [6, 6.07) is 0. The van der Waals surface area contributed by atoms with Crippen molar-refractivity contribution in [3.63, 3.8) is 0 Å². The van der Waals surface area contributed by atoms with Gasteiger partial charge in [0, 0.05) is 5.92 Å². The van der Waals surface area contributed by atoms with Gasteiger partial charge >= 0.3 is 0 Å². The predicted molar refractivity (Wildman–Crippen MR) is 48.9 cm³/mol. The fraction of sp³-hybridized carbons (Fsp3) is 1.00. The van der Waals surface area contributed by atoms with E-state index in [4.69, 9.17) is 9.47 Å². The normalized spacial score (nSPS) is 23.0. The fourth-order valence-corrected chi connectivity index (χ4v) is 1.73. The van der Waals surface area contributed by atoms with Crippen LogP contribution in [-0.2, 0) is 9.47 Å². The molecule has 1 rings (SSSR count). The van der Waals surface area contributed by atoms with Gasteiger partial charge in [-0.2, -0.15) is 0 Å². The monoisotopic (exact) mass is 172 g/mol. The van der Waals surface area contributed by atoms with Crippen molar-refractivity contribution in [2.45, 2.75) is 39.9 Å². The van der Waals surface area contributed by atoms with E-state index in [-0.39, 0.29) is 6.29 Å². The van der Waals surface area contributed by atoms with E-state index in [9.17, 15) is 0 Å². The van der Waals surface area contributed by atoms with Crippen LogP contribution in [0.3, 0.4) is 0 Å². The molecule has 0 aromatic carbocycles. The van der Waals surface area contributed by atoms with Crippen molar-refractivity contribution in [1.29, 1.82) is 0 Å². The summed E-state index contributed by atoms with van der Waals surface area (Å²) in [7, 11) is 0. The van der Waals surface area contributed by atoms with Crippen LogP contribution in [0.2, 0.25) is 0 Å². The summed E-state index contributed by atoms with van der Waals surface area (Å²) in [5, 5.41) is 0. The number of ether oxygens (including phenoxy) is 2. The summed E-state index contributed by atoms with van der Waals surface area (Å²) in [6.07, 6.45) is 2.25. The molecule has 1 atom stereocenters. The smallest absolute Gasteiger partial charge is 0.160 e. The van der Waals surface area contributed by atoms with Crippen molar-refractivity contribution in [2.75, 3.05) is 13.2 Å². The van der Waals surface area contributed by atoms with Gasteiger partial charge in [0.25, 0.3) is 0 Å². The van der Waals surface area contributed by atoms with Crippen LogP contribution in [-0.4, -0.2) is 19.5 Å². The van der Waals surface area contributed by atoms with Crippen LogP contribution >= 0.6 is 0 Å². The van der Waals surface area contributed by atoms with Crippen molar-refractivity contribution in [3.8, 4) is 0 Å². The van der Waals surface area contributed by atoms with Gasteiger partial charge in [-0.3, -0.25) is 0 Å². The lowest BCUT2D eigenvalue weighted by Crippen LogP contribution is -2.34. The van der Waals surface area contributed by atoms with Crippen LogP contribution < -0.4 is 0 Å². The molecule has 0 aromatic heterocycles. The minimum Gasteiger partial charge on any atom is -0.352 e. The third-order valence-corrected chi connectivity index (χ3v) is 2.53. The van der Waals surface area contributed by atoms with Gasteiger partial charge in [-0.25, -0.2) is 0 Å². The van der Waals surface area contributed by atoms with E-state index in [2.05, 4.69) is 20.8 Å². The van der Waals surface area contributed by atoms with Gasteiger partial charge in [0.15, 0.2) is 6.29 Å².